The number of amides is 1. The molecule has 0 spiro atoms. The number of anilines is 1. The van der Waals surface area contributed by atoms with Gasteiger partial charge < -0.3 is 15.0 Å². The number of nitro benzene ring substituents is 1. The highest BCUT2D eigenvalue weighted by molar-refractivity contribution is 6.00. The van der Waals surface area contributed by atoms with Gasteiger partial charge in [0.2, 0.25) is 0 Å². The molecule has 116 valence electrons. The van der Waals surface area contributed by atoms with Gasteiger partial charge in [-0.3, -0.25) is 14.9 Å². The molecule has 1 N–H and O–H groups in total. The predicted molar refractivity (Wildman–Crippen MR) is 80.7 cm³/mol. The fourth-order valence-corrected chi connectivity index (χ4v) is 1.85. The first kappa shape index (κ1) is 16.9. The number of para-hydroxylation sites is 1. The molecule has 1 aromatic rings. The fourth-order valence-electron chi connectivity index (χ4n) is 1.85. The Morgan fingerprint density at radius 3 is 2.76 bits per heavy atom. The summed E-state index contributed by atoms with van der Waals surface area (Å²) in [5, 5.41) is 14.3. The molecule has 0 aromatic heterocycles. The molecule has 0 saturated carbocycles. The van der Waals surface area contributed by atoms with Crippen molar-refractivity contribution in [1.29, 1.82) is 0 Å². The number of nitro groups is 1. The summed E-state index contributed by atoms with van der Waals surface area (Å²) >= 11 is 0. The molecule has 0 aliphatic carbocycles. The lowest BCUT2D eigenvalue weighted by molar-refractivity contribution is -0.384. The van der Waals surface area contributed by atoms with Gasteiger partial charge in [-0.25, -0.2) is 0 Å². The maximum atomic E-state index is 12.3. The molecule has 1 amide bonds. The van der Waals surface area contributed by atoms with E-state index in [1.54, 1.807) is 19.2 Å². The first-order valence-corrected chi connectivity index (χ1v) is 6.78. The summed E-state index contributed by atoms with van der Waals surface area (Å²) in [4.78, 5) is 24.6. The summed E-state index contributed by atoms with van der Waals surface area (Å²) in [5.41, 5.74) is 0.271. The van der Waals surface area contributed by atoms with Crippen molar-refractivity contribution in [1.82, 2.24) is 4.90 Å². The molecule has 0 aliphatic heterocycles. The molecule has 0 saturated heterocycles. The van der Waals surface area contributed by atoms with Crippen LogP contribution < -0.4 is 5.32 Å². The summed E-state index contributed by atoms with van der Waals surface area (Å²) in [7, 11) is 3.13. The minimum Gasteiger partial charge on any atom is -0.383 e. The van der Waals surface area contributed by atoms with Gasteiger partial charge in [-0.05, 0) is 18.6 Å². The second-order valence-corrected chi connectivity index (χ2v) is 4.61. The third kappa shape index (κ3) is 4.42. The molecule has 7 nitrogen and oxygen atoms in total. The van der Waals surface area contributed by atoms with E-state index in [1.807, 2.05) is 6.92 Å². The number of likely N-dealkylation sites (N-methyl/N-ethyl adjacent to an activating group) is 1. The van der Waals surface area contributed by atoms with Crippen molar-refractivity contribution < 1.29 is 14.5 Å². The number of ether oxygens (including phenoxy) is 1. The number of hydrogen-bond acceptors (Lipinski definition) is 5. The van der Waals surface area contributed by atoms with Crippen molar-refractivity contribution in [2.45, 2.75) is 13.3 Å². The van der Waals surface area contributed by atoms with E-state index in [9.17, 15) is 14.9 Å². The number of hydrogen-bond donors (Lipinski definition) is 1. The molecule has 0 aliphatic rings. The van der Waals surface area contributed by atoms with Crippen LogP contribution in [0.15, 0.2) is 18.2 Å². The summed E-state index contributed by atoms with van der Waals surface area (Å²) in [6.45, 7) is 3.33. The summed E-state index contributed by atoms with van der Waals surface area (Å²) in [6, 6.07) is 4.73. The number of benzene rings is 1. The van der Waals surface area contributed by atoms with E-state index in [0.29, 0.717) is 25.4 Å². The number of rotatable bonds is 8. The van der Waals surface area contributed by atoms with Crippen LogP contribution in [0.3, 0.4) is 0 Å². The molecule has 0 radical (unpaired) electrons. The molecular weight excluding hydrogens is 274 g/mol. The summed E-state index contributed by atoms with van der Waals surface area (Å²) in [6.07, 6.45) is 0.836. The van der Waals surface area contributed by atoms with Crippen molar-refractivity contribution in [3.8, 4) is 0 Å². The summed E-state index contributed by atoms with van der Waals surface area (Å²) in [5.74, 6) is -0.390. The predicted octanol–water partition coefficient (Wildman–Crippen LogP) is 2.14. The third-order valence-corrected chi connectivity index (χ3v) is 2.99. The van der Waals surface area contributed by atoms with Crippen LogP contribution in [0.1, 0.15) is 23.7 Å². The minimum absolute atomic E-state index is 0.0831. The molecule has 1 rings (SSSR count). The van der Waals surface area contributed by atoms with Crippen LogP contribution in [0.2, 0.25) is 0 Å². The van der Waals surface area contributed by atoms with E-state index in [-0.39, 0.29) is 17.2 Å². The van der Waals surface area contributed by atoms with E-state index >= 15 is 0 Å². The van der Waals surface area contributed by atoms with Gasteiger partial charge in [0.25, 0.3) is 5.91 Å². The minimum atomic E-state index is -0.518. The standard InChI is InChI=1S/C14H21N3O4/c1-4-8-15-12-7-5-6-11(13(12)17(19)20)14(18)16(2)9-10-21-3/h5-7,15H,4,8-10H2,1-3H3. The van der Waals surface area contributed by atoms with Gasteiger partial charge in [-0.2, -0.15) is 0 Å². The molecule has 0 unspecified atom stereocenters. The van der Waals surface area contributed by atoms with Crippen LogP contribution in [0.25, 0.3) is 0 Å². The average Bonchev–Trinajstić information content (AvgIpc) is 2.48. The van der Waals surface area contributed by atoms with Crippen LogP contribution in [0.5, 0.6) is 0 Å². The zero-order valence-electron chi connectivity index (χ0n) is 12.6. The molecule has 0 atom stereocenters. The molecule has 0 fully saturated rings. The van der Waals surface area contributed by atoms with Crippen molar-refractivity contribution in [2.24, 2.45) is 0 Å². The Labute approximate surface area is 124 Å². The zero-order chi connectivity index (χ0) is 15.8. The Morgan fingerprint density at radius 2 is 2.19 bits per heavy atom. The van der Waals surface area contributed by atoms with E-state index in [1.165, 1.54) is 18.1 Å². The van der Waals surface area contributed by atoms with Gasteiger partial charge >= 0.3 is 5.69 Å². The fraction of sp³-hybridized carbons (Fsp3) is 0.500. The molecular formula is C14H21N3O4. The lowest BCUT2D eigenvalue weighted by atomic mass is 10.1. The second-order valence-electron chi connectivity index (χ2n) is 4.61. The quantitative estimate of drug-likeness (QED) is 0.586. The second kappa shape index (κ2) is 8.21. The number of carbonyl (C=O) groups excluding carboxylic acids is 1. The highest BCUT2D eigenvalue weighted by atomic mass is 16.6. The largest absolute Gasteiger partial charge is 0.383 e. The normalized spacial score (nSPS) is 10.2. The number of nitrogens with zero attached hydrogens (tertiary/aromatic N) is 2. The maximum Gasteiger partial charge on any atom is 0.305 e. The maximum absolute atomic E-state index is 12.3. The van der Waals surface area contributed by atoms with Gasteiger partial charge in [-0.15, -0.1) is 0 Å². The van der Waals surface area contributed by atoms with Crippen molar-refractivity contribution >= 4 is 17.3 Å². The monoisotopic (exact) mass is 295 g/mol. The van der Waals surface area contributed by atoms with Crippen molar-refractivity contribution in [3.63, 3.8) is 0 Å². The summed E-state index contributed by atoms with van der Waals surface area (Å²) < 4.78 is 4.91. The van der Waals surface area contributed by atoms with Crippen LogP contribution in [-0.2, 0) is 4.74 Å². The SMILES string of the molecule is CCCNc1cccc(C(=O)N(C)CCOC)c1[N+](=O)[O-]. The molecule has 1 aromatic carbocycles. The lowest BCUT2D eigenvalue weighted by Crippen LogP contribution is -2.30. The molecule has 7 heteroatoms. The van der Waals surface area contributed by atoms with E-state index in [0.717, 1.165) is 6.42 Å². The number of carbonyl (C=O) groups is 1. The number of nitrogens with one attached hydrogen (secondary N) is 1. The first-order chi connectivity index (χ1) is 10.0. The van der Waals surface area contributed by atoms with E-state index in [4.69, 9.17) is 4.74 Å². The Kier molecular flexibility index (Phi) is 6.61. The number of methoxy groups -OCH3 is 1. The highest BCUT2D eigenvalue weighted by Gasteiger charge is 2.26. The van der Waals surface area contributed by atoms with E-state index in [2.05, 4.69) is 5.32 Å². The Bertz CT molecular complexity index is 505. The Morgan fingerprint density at radius 1 is 1.48 bits per heavy atom. The van der Waals surface area contributed by atoms with Crippen LogP contribution in [-0.4, -0.2) is 49.6 Å². The Hall–Kier alpha value is -2.15. The molecule has 0 heterocycles. The average molecular weight is 295 g/mol. The van der Waals surface area contributed by atoms with Crippen LogP contribution >= 0.6 is 0 Å². The third-order valence-electron chi connectivity index (χ3n) is 2.99. The van der Waals surface area contributed by atoms with E-state index < -0.39 is 4.92 Å². The van der Waals surface area contributed by atoms with Gasteiger partial charge in [0.1, 0.15) is 11.3 Å². The van der Waals surface area contributed by atoms with Gasteiger partial charge in [0.05, 0.1) is 11.5 Å². The first-order valence-electron chi connectivity index (χ1n) is 6.78. The lowest BCUT2D eigenvalue weighted by Gasteiger charge is -2.17. The molecule has 0 bridgehead atoms. The van der Waals surface area contributed by atoms with Crippen molar-refractivity contribution in [3.05, 3.63) is 33.9 Å². The van der Waals surface area contributed by atoms with Gasteiger partial charge in [0, 0.05) is 27.2 Å². The van der Waals surface area contributed by atoms with Crippen LogP contribution in [0.4, 0.5) is 11.4 Å². The zero-order valence-corrected chi connectivity index (χ0v) is 12.6. The molecule has 21 heavy (non-hydrogen) atoms. The van der Waals surface area contributed by atoms with Gasteiger partial charge in [0.15, 0.2) is 0 Å². The smallest absolute Gasteiger partial charge is 0.305 e. The van der Waals surface area contributed by atoms with Gasteiger partial charge in [-0.1, -0.05) is 13.0 Å². The van der Waals surface area contributed by atoms with Crippen molar-refractivity contribution in [2.75, 3.05) is 39.2 Å². The van der Waals surface area contributed by atoms with Crippen LogP contribution in [0, 0.1) is 10.1 Å². The highest BCUT2D eigenvalue weighted by Crippen LogP contribution is 2.29. The topological polar surface area (TPSA) is 84.7 Å². The Balaban J connectivity index is 3.10.